The second-order valence-corrected chi connectivity index (χ2v) is 26.3. The van der Waals surface area contributed by atoms with E-state index in [0.717, 1.165) is 0 Å². The van der Waals surface area contributed by atoms with E-state index in [0.29, 0.717) is 37.7 Å². The van der Waals surface area contributed by atoms with Crippen molar-refractivity contribution in [2.45, 2.75) is 215 Å². The van der Waals surface area contributed by atoms with Gasteiger partial charge in [0.05, 0.1) is 72.6 Å². The highest BCUT2D eigenvalue weighted by atomic mass is 16.8. The molecular formula is C62H102N4O39. The van der Waals surface area contributed by atoms with Crippen LogP contribution in [-0.2, 0) is 80.6 Å². The molecule has 43 nitrogen and oxygen atoms in total. The fourth-order valence-corrected chi connectivity index (χ4v) is 13.5. The zero-order valence-corrected chi connectivity index (χ0v) is 56.8. The van der Waals surface area contributed by atoms with Gasteiger partial charge in [-0.2, -0.15) is 0 Å². The lowest BCUT2D eigenvalue weighted by Crippen LogP contribution is -2.68. The third-order valence-electron chi connectivity index (χ3n) is 19.4. The maximum atomic E-state index is 13.4. The first-order valence-corrected chi connectivity index (χ1v) is 34.8. The van der Waals surface area contributed by atoms with Crippen LogP contribution in [0.15, 0.2) is 24.3 Å². The predicted octanol–water partition coefficient (Wildman–Crippen LogP) is -15.1. The summed E-state index contributed by atoms with van der Waals surface area (Å²) in [5, 5.41) is 235. The quantitative estimate of drug-likeness (QED) is 0.0684. The summed E-state index contributed by atoms with van der Waals surface area (Å²) in [6, 6.07) is 7.23. The molecule has 604 valence electrons. The third kappa shape index (κ3) is 20.0. The van der Waals surface area contributed by atoms with E-state index < -0.39 is 255 Å². The Morgan fingerprint density at radius 3 is 0.838 bits per heavy atom. The van der Waals surface area contributed by atoms with Crippen molar-refractivity contribution >= 4 is 5.91 Å². The molecule has 22 aliphatic rings. The third-order valence-corrected chi connectivity index (χ3v) is 19.4. The molecule has 0 aromatic heterocycles. The monoisotopic (exact) mass is 1530 g/mol. The summed E-state index contributed by atoms with van der Waals surface area (Å²) in [6.07, 6.45) is -70.4. The van der Waals surface area contributed by atoms with Crippen LogP contribution in [-0.4, -0.2) is 460 Å². The van der Waals surface area contributed by atoms with Crippen LogP contribution < -0.4 is 25.4 Å². The lowest BCUT2D eigenvalue weighted by Gasteiger charge is -2.50. The molecule has 105 heavy (non-hydrogen) atoms. The maximum absolute atomic E-state index is 13.4. The minimum Gasteiger partial charge on any atom is -0.487 e. The lowest BCUT2D eigenvalue weighted by atomic mass is 9.95. The Hall–Kier alpha value is -3.27. The van der Waals surface area contributed by atoms with Crippen LogP contribution in [0.25, 0.3) is 0 Å². The van der Waals surface area contributed by atoms with Crippen molar-refractivity contribution in [2.24, 2.45) is 0 Å². The topological polar surface area (TPSA) is 627 Å². The normalized spacial score (nSPS) is 45.3. The van der Waals surface area contributed by atoms with Gasteiger partial charge in [0.2, 0.25) is 5.91 Å². The van der Waals surface area contributed by atoms with E-state index in [1.165, 1.54) is 0 Å². The lowest BCUT2D eigenvalue weighted by molar-refractivity contribution is -0.396. The van der Waals surface area contributed by atoms with E-state index in [-0.39, 0.29) is 71.7 Å². The summed E-state index contributed by atoms with van der Waals surface area (Å²) in [4.78, 5) is 15.0. The molecule has 22 heterocycles. The highest BCUT2D eigenvalue weighted by molar-refractivity contribution is 5.78. The summed E-state index contributed by atoms with van der Waals surface area (Å²) in [7, 11) is 0. The van der Waals surface area contributed by atoms with Crippen molar-refractivity contribution in [3.05, 3.63) is 24.3 Å². The number of ether oxygens (including phenoxy) is 18. The van der Waals surface area contributed by atoms with Crippen LogP contribution in [0.1, 0.15) is 0 Å². The number of nitrogens with zero attached hydrogens (tertiary/aromatic N) is 1. The van der Waals surface area contributed by atoms with Crippen LogP contribution >= 0.6 is 0 Å². The Morgan fingerprint density at radius 2 is 0.562 bits per heavy atom. The SMILES string of the molecule is O=C(CNCCNCCNC[C@H]1O[C@@H]2O[C@H]3[C@H](O)[C@@H](O)[C@@H](O[C@H]4[C@H](O)[C@@H](O)[C@@H](O[C@H]5[C@H](O)[C@@H](O)[C@@H](O[C@H]6[C@H](O)[C@@H](O)[C@@H](O[C@H]7[C@H](O)[C@@H](O)[C@@H](O[C@H]8[C@H](O)[C@@H](O)[C@@H](O[C@H]1[C@H](O)[C@H]2O)O[C@@H]8CO)O[C@@H]7CO)O[C@@H]6CO)O[C@@H]5CO)O[C@@H]4CO)O[C@@H]3CO)N1CCOCCOc2ccccc2OCCOCC1. The van der Waals surface area contributed by atoms with Gasteiger partial charge >= 0.3 is 0 Å². The van der Waals surface area contributed by atoms with Gasteiger partial charge in [0.1, 0.15) is 184 Å². The largest absolute Gasteiger partial charge is 0.487 e. The van der Waals surface area contributed by atoms with Crippen molar-refractivity contribution in [3.63, 3.8) is 0 Å². The Balaban J connectivity index is 0.832. The number of rotatable bonds is 16. The fraction of sp³-hybridized carbons (Fsp3) is 0.887. The average molecular weight is 1530 g/mol. The van der Waals surface area contributed by atoms with Crippen LogP contribution in [0.2, 0.25) is 0 Å². The summed E-state index contributed by atoms with van der Waals surface area (Å²) in [5.41, 5.74) is 0. The second kappa shape index (κ2) is 39.8. The number of hydrogen-bond donors (Lipinski definition) is 23. The van der Waals surface area contributed by atoms with Gasteiger partial charge in [-0.1, -0.05) is 12.1 Å². The number of para-hydroxylation sites is 2. The van der Waals surface area contributed by atoms with Gasteiger partial charge in [0, 0.05) is 45.8 Å². The number of amides is 1. The first-order valence-electron chi connectivity index (χ1n) is 34.8. The average Bonchev–Trinajstić information content (AvgIpc) is 0.791. The molecule has 0 unspecified atom stereocenters. The summed E-state index contributed by atoms with van der Waals surface area (Å²) >= 11 is 0. The predicted molar refractivity (Wildman–Crippen MR) is 336 cm³/mol. The molecule has 0 spiro atoms. The number of carbonyl (C=O) groups is 1. The molecule has 1 amide bonds. The minimum absolute atomic E-state index is 0.0228. The molecule has 23 N–H and O–H groups in total. The standard InChI is InChI=1S/C62H102N4O39/c67-19-28-50-37(76)44(83)58(94-28)102-52-30(21-69)96-60(46(85)39(52)78)104-54-32(23-71)98-62(48(87)41(54)80)105-55-33(24-72)97-61(47(86)40(55)79)103-53-31(22-70)95-59(45(84)38(53)77)101-51-29(20-68)93-57(43(82)36(51)75)99-49-27(92-56(100-50)42(81)35(49)74)17-64-7-5-63-6-8-65-18-34(73)66-9-11-88-13-15-90-25-3-1-2-4-26(25)91-16-14-89-12-10-66/h1-4,27-33,35-65,67-72,74-87H,5-24H2/t27-,28-,29-,30-,31-,32-,33-,35-,36-,37-,38-,39-,40-,41-,42-,43-,44-,45-,46-,47-,48-,49-,50-,51-,52-,53-,54-,55-,56-,57-,58-,59-,60-,61-,62-/m1/s1. The number of nitrogens with one attached hydrogen (secondary N) is 3. The van der Waals surface area contributed by atoms with E-state index in [4.69, 9.17) is 85.3 Å². The highest BCUT2D eigenvalue weighted by Crippen LogP contribution is 2.39. The van der Waals surface area contributed by atoms with Crippen molar-refractivity contribution in [2.75, 3.05) is 132 Å². The molecular weight excluding hydrogens is 1420 g/mol. The van der Waals surface area contributed by atoms with Gasteiger partial charge in [-0.3, -0.25) is 4.79 Å². The Kier molecular flexibility index (Phi) is 31.9. The van der Waals surface area contributed by atoms with E-state index in [9.17, 15) is 107 Å². The molecule has 1 aromatic carbocycles. The maximum Gasteiger partial charge on any atom is 0.236 e. The van der Waals surface area contributed by atoms with Crippen LogP contribution in [0.4, 0.5) is 0 Å². The zero-order valence-electron chi connectivity index (χ0n) is 56.8. The molecule has 0 radical (unpaired) electrons. The molecule has 21 fully saturated rings. The van der Waals surface area contributed by atoms with Gasteiger partial charge in [-0.15, -0.1) is 0 Å². The van der Waals surface area contributed by atoms with Crippen LogP contribution in [0, 0.1) is 0 Å². The smallest absolute Gasteiger partial charge is 0.236 e. The van der Waals surface area contributed by atoms with Crippen LogP contribution in [0.3, 0.4) is 0 Å². The molecule has 14 bridgehead atoms. The Labute approximate surface area is 599 Å². The van der Waals surface area contributed by atoms with E-state index >= 15 is 0 Å². The summed E-state index contributed by atoms with van der Waals surface area (Å²) < 4.78 is 105. The molecule has 23 rings (SSSR count). The van der Waals surface area contributed by atoms with Crippen molar-refractivity contribution in [3.8, 4) is 11.5 Å². The molecule has 0 aliphatic carbocycles. The fourth-order valence-electron chi connectivity index (χ4n) is 13.5. The number of fused-ring (bicyclic) bond motifs is 1. The number of hydrogen-bond acceptors (Lipinski definition) is 42. The first-order chi connectivity index (χ1) is 50.5. The van der Waals surface area contributed by atoms with Crippen molar-refractivity contribution < 1.29 is 192 Å². The number of aliphatic hydroxyl groups excluding tert-OH is 20. The molecule has 43 heteroatoms. The highest BCUT2D eigenvalue weighted by Gasteiger charge is 2.60. The molecule has 35 atom stereocenters. The van der Waals surface area contributed by atoms with Gasteiger partial charge in [0.15, 0.2) is 55.5 Å². The van der Waals surface area contributed by atoms with E-state index in [1.54, 1.807) is 17.0 Å². The molecule has 1 aromatic rings. The van der Waals surface area contributed by atoms with Gasteiger partial charge in [-0.25, -0.2) is 0 Å². The van der Waals surface area contributed by atoms with Gasteiger partial charge in [-0.05, 0) is 12.1 Å². The first kappa shape index (κ1) is 84.2. The number of benzene rings is 1. The van der Waals surface area contributed by atoms with E-state index in [2.05, 4.69) is 16.0 Å². The second-order valence-electron chi connectivity index (χ2n) is 26.3. The molecule has 21 saturated heterocycles. The minimum atomic E-state index is -2.23. The van der Waals surface area contributed by atoms with Gasteiger partial charge in [0.25, 0.3) is 0 Å². The molecule has 22 aliphatic heterocycles. The Bertz CT molecular complexity index is 2690. The van der Waals surface area contributed by atoms with Crippen molar-refractivity contribution in [1.29, 1.82) is 0 Å². The van der Waals surface area contributed by atoms with Crippen molar-refractivity contribution in [1.82, 2.24) is 20.9 Å². The summed E-state index contributed by atoms with van der Waals surface area (Å²) in [5.74, 6) is 0.929. The van der Waals surface area contributed by atoms with E-state index in [1.807, 2.05) is 12.1 Å². The number of carbonyl (C=O) groups excluding carboxylic acids is 1. The van der Waals surface area contributed by atoms with Crippen LogP contribution in [0.5, 0.6) is 11.5 Å². The Morgan fingerprint density at radius 1 is 0.314 bits per heavy atom. The zero-order chi connectivity index (χ0) is 75.3. The summed E-state index contributed by atoms with van der Waals surface area (Å²) in [6.45, 7) is -3.51. The van der Waals surface area contributed by atoms with Gasteiger partial charge < -0.3 is 208 Å². The molecule has 0 saturated carbocycles. The number of aliphatic hydroxyl groups is 20.